The van der Waals surface area contributed by atoms with E-state index in [0.29, 0.717) is 0 Å². The van der Waals surface area contributed by atoms with Gasteiger partial charge in [0.2, 0.25) is 0 Å². The van der Waals surface area contributed by atoms with Crippen molar-refractivity contribution >= 4 is 5.69 Å². The molecule has 0 aliphatic carbocycles. The number of rotatable bonds is 1. The van der Waals surface area contributed by atoms with Crippen molar-refractivity contribution < 1.29 is 0 Å². The van der Waals surface area contributed by atoms with E-state index < -0.39 is 0 Å². The summed E-state index contributed by atoms with van der Waals surface area (Å²) in [7, 11) is 2.18. The zero-order valence-corrected chi connectivity index (χ0v) is 9.51. The molecule has 1 aromatic carbocycles. The maximum Gasteiger partial charge on any atom is 0.183 e. The molecule has 1 aliphatic rings. The molecule has 1 heterocycles. The van der Waals surface area contributed by atoms with Crippen molar-refractivity contribution in [3.05, 3.63) is 42.2 Å². The van der Waals surface area contributed by atoms with Crippen LogP contribution in [0.15, 0.2) is 36.7 Å². The first kappa shape index (κ1) is 10.2. The summed E-state index contributed by atoms with van der Waals surface area (Å²) in [6.07, 6.45) is 4.32. The zero-order valence-electron chi connectivity index (χ0n) is 9.51. The van der Waals surface area contributed by atoms with Crippen LogP contribution in [0.4, 0.5) is 5.69 Å². The second-order valence-corrected chi connectivity index (χ2v) is 4.31. The SMILES string of the molecule is Cc1ccccc1[N+]1(C)C=CN(N)[C@@H]1C. The Kier molecular flexibility index (Phi) is 2.29. The van der Waals surface area contributed by atoms with Crippen molar-refractivity contribution in [2.45, 2.75) is 20.0 Å². The fraction of sp³-hybridized carbons (Fsp3) is 0.333. The molecule has 0 bridgehead atoms. The average Bonchev–Trinajstić information content (AvgIpc) is 2.48. The van der Waals surface area contributed by atoms with Gasteiger partial charge in [-0.2, -0.15) is 0 Å². The van der Waals surface area contributed by atoms with Gasteiger partial charge in [-0.25, -0.2) is 10.3 Å². The summed E-state index contributed by atoms with van der Waals surface area (Å²) in [5.41, 5.74) is 2.60. The number of nitrogens with zero attached hydrogens (tertiary/aromatic N) is 2. The summed E-state index contributed by atoms with van der Waals surface area (Å²) in [6, 6.07) is 8.44. The van der Waals surface area contributed by atoms with E-state index in [1.807, 2.05) is 6.20 Å². The average molecular weight is 204 g/mol. The molecule has 0 aromatic heterocycles. The Hall–Kier alpha value is -1.32. The minimum Gasteiger partial charge on any atom is -0.260 e. The smallest absolute Gasteiger partial charge is 0.183 e. The molecule has 0 fully saturated rings. The molecule has 2 rings (SSSR count). The van der Waals surface area contributed by atoms with Gasteiger partial charge in [-0.05, 0) is 13.0 Å². The zero-order chi connectivity index (χ0) is 11.1. The van der Waals surface area contributed by atoms with Crippen molar-refractivity contribution in [3.63, 3.8) is 0 Å². The lowest BCUT2D eigenvalue weighted by Gasteiger charge is -2.34. The Morgan fingerprint density at radius 3 is 2.53 bits per heavy atom. The lowest BCUT2D eigenvalue weighted by molar-refractivity contribution is 0.199. The van der Waals surface area contributed by atoms with Gasteiger partial charge in [0.15, 0.2) is 6.17 Å². The minimum atomic E-state index is 0.242. The van der Waals surface area contributed by atoms with Crippen molar-refractivity contribution in [2.75, 3.05) is 7.05 Å². The van der Waals surface area contributed by atoms with Crippen molar-refractivity contribution in [3.8, 4) is 0 Å². The van der Waals surface area contributed by atoms with Crippen molar-refractivity contribution in [1.29, 1.82) is 0 Å². The molecule has 1 aliphatic heterocycles. The highest BCUT2D eigenvalue weighted by Gasteiger charge is 2.37. The number of quaternary nitrogens is 1. The highest BCUT2D eigenvalue weighted by atomic mass is 15.6. The van der Waals surface area contributed by atoms with Gasteiger partial charge in [0, 0.05) is 12.5 Å². The molecular weight excluding hydrogens is 186 g/mol. The maximum atomic E-state index is 5.87. The standard InChI is InChI=1S/C12H18N3/c1-10-6-4-5-7-12(10)15(3)9-8-14(13)11(15)2/h4-9,11H,13H2,1-3H3/q+1/t11-,15?/m0/s1. The molecule has 0 radical (unpaired) electrons. The molecule has 0 saturated carbocycles. The van der Waals surface area contributed by atoms with Crippen LogP contribution in [0.25, 0.3) is 0 Å². The van der Waals surface area contributed by atoms with Crippen LogP contribution in [-0.2, 0) is 0 Å². The number of para-hydroxylation sites is 1. The van der Waals surface area contributed by atoms with Gasteiger partial charge in [-0.3, -0.25) is 5.01 Å². The summed E-state index contributed by atoms with van der Waals surface area (Å²) in [5.74, 6) is 5.87. The van der Waals surface area contributed by atoms with Gasteiger partial charge >= 0.3 is 0 Å². The van der Waals surface area contributed by atoms with Gasteiger partial charge < -0.3 is 0 Å². The Morgan fingerprint density at radius 2 is 2.00 bits per heavy atom. The first-order valence-corrected chi connectivity index (χ1v) is 5.20. The number of aryl methyl sites for hydroxylation is 1. The second kappa shape index (κ2) is 3.36. The van der Waals surface area contributed by atoms with Crippen LogP contribution in [0.2, 0.25) is 0 Å². The van der Waals surface area contributed by atoms with Gasteiger partial charge in [0.1, 0.15) is 11.9 Å². The maximum absolute atomic E-state index is 5.87. The van der Waals surface area contributed by atoms with Crippen LogP contribution in [0.5, 0.6) is 0 Å². The van der Waals surface area contributed by atoms with Crippen molar-refractivity contribution in [2.24, 2.45) is 5.84 Å². The van der Waals surface area contributed by atoms with Crippen LogP contribution < -0.4 is 10.3 Å². The fourth-order valence-electron chi connectivity index (χ4n) is 2.13. The van der Waals surface area contributed by atoms with E-state index in [-0.39, 0.29) is 6.17 Å². The Bertz CT molecular complexity index is 400. The number of hydrogen-bond donors (Lipinski definition) is 1. The molecule has 0 spiro atoms. The van der Waals surface area contributed by atoms with Crippen LogP contribution in [0, 0.1) is 6.92 Å². The van der Waals surface area contributed by atoms with E-state index in [1.165, 1.54) is 11.3 Å². The summed E-state index contributed by atoms with van der Waals surface area (Å²) in [4.78, 5) is 0. The lowest BCUT2D eigenvalue weighted by Crippen LogP contribution is -2.52. The van der Waals surface area contributed by atoms with E-state index in [9.17, 15) is 0 Å². The first-order valence-electron chi connectivity index (χ1n) is 5.20. The predicted octanol–water partition coefficient (Wildman–Crippen LogP) is 1.94. The summed E-state index contributed by atoms with van der Waals surface area (Å²) in [6.45, 7) is 4.27. The molecular formula is C12H18N3+. The Balaban J connectivity index is 2.48. The highest BCUT2D eigenvalue weighted by Crippen LogP contribution is 2.32. The largest absolute Gasteiger partial charge is 0.260 e. The van der Waals surface area contributed by atoms with E-state index in [0.717, 1.165) is 4.48 Å². The third kappa shape index (κ3) is 1.44. The predicted molar refractivity (Wildman–Crippen MR) is 63.5 cm³/mol. The normalized spacial score (nSPS) is 29.9. The summed E-state index contributed by atoms with van der Waals surface area (Å²) >= 11 is 0. The topological polar surface area (TPSA) is 29.3 Å². The molecule has 1 unspecified atom stereocenters. The minimum absolute atomic E-state index is 0.242. The Labute approximate surface area is 91.0 Å². The molecule has 80 valence electrons. The van der Waals surface area contributed by atoms with E-state index in [1.54, 1.807) is 5.01 Å². The highest BCUT2D eigenvalue weighted by molar-refractivity contribution is 5.52. The quantitative estimate of drug-likeness (QED) is 0.559. The van der Waals surface area contributed by atoms with Gasteiger partial charge in [-0.15, -0.1) is 0 Å². The monoisotopic (exact) mass is 204 g/mol. The fourth-order valence-corrected chi connectivity index (χ4v) is 2.13. The van der Waals surface area contributed by atoms with Crippen LogP contribution in [-0.4, -0.2) is 18.2 Å². The van der Waals surface area contributed by atoms with E-state index in [4.69, 9.17) is 5.84 Å². The summed E-state index contributed by atoms with van der Waals surface area (Å²) in [5, 5.41) is 1.76. The van der Waals surface area contributed by atoms with Crippen LogP contribution >= 0.6 is 0 Å². The Morgan fingerprint density at radius 1 is 1.33 bits per heavy atom. The van der Waals surface area contributed by atoms with Crippen LogP contribution in [0.3, 0.4) is 0 Å². The van der Waals surface area contributed by atoms with Crippen molar-refractivity contribution in [1.82, 2.24) is 9.49 Å². The molecule has 0 amide bonds. The molecule has 0 saturated heterocycles. The number of hydrogen-bond acceptors (Lipinski definition) is 2. The van der Waals surface area contributed by atoms with E-state index >= 15 is 0 Å². The molecule has 15 heavy (non-hydrogen) atoms. The second-order valence-electron chi connectivity index (χ2n) is 4.31. The third-order valence-corrected chi connectivity index (χ3v) is 3.39. The van der Waals surface area contributed by atoms with Gasteiger partial charge in [0.05, 0.1) is 13.2 Å². The molecule has 3 heteroatoms. The number of nitrogens with two attached hydrogens (primary N) is 1. The first-order chi connectivity index (χ1) is 7.05. The van der Waals surface area contributed by atoms with E-state index in [2.05, 4.69) is 51.4 Å². The van der Waals surface area contributed by atoms with Crippen LogP contribution in [0.1, 0.15) is 12.5 Å². The lowest BCUT2D eigenvalue weighted by atomic mass is 10.1. The molecule has 2 atom stereocenters. The molecule has 1 aromatic rings. The third-order valence-electron chi connectivity index (χ3n) is 3.39. The van der Waals surface area contributed by atoms with Gasteiger partial charge in [0.25, 0.3) is 0 Å². The molecule has 3 nitrogen and oxygen atoms in total. The van der Waals surface area contributed by atoms with Gasteiger partial charge in [-0.1, -0.05) is 18.2 Å². The molecule has 2 N–H and O–H groups in total. The summed E-state index contributed by atoms with van der Waals surface area (Å²) < 4.78 is 0.739. The number of benzene rings is 1. The number of hydrazine groups is 1.